The van der Waals surface area contributed by atoms with E-state index in [4.69, 9.17) is 10.3 Å². The lowest BCUT2D eigenvalue weighted by Crippen LogP contribution is -2.62. The van der Waals surface area contributed by atoms with E-state index in [0.717, 1.165) is 42.4 Å². The number of carbonyl (C=O) groups is 1. The zero-order valence-electron chi connectivity index (χ0n) is 24.5. The molecule has 0 spiro atoms. The van der Waals surface area contributed by atoms with E-state index >= 15 is 0 Å². The van der Waals surface area contributed by atoms with E-state index in [-0.39, 0.29) is 11.5 Å². The summed E-state index contributed by atoms with van der Waals surface area (Å²) in [5.74, 6) is 4.62. The Hall–Kier alpha value is -1.22. The smallest absolute Gasteiger partial charge is 0.397 e. The van der Waals surface area contributed by atoms with Crippen LogP contribution in [0.4, 0.5) is 4.79 Å². The summed E-state index contributed by atoms with van der Waals surface area (Å²) in [5.41, 5.74) is 9.74. The Morgan fingerprint density at radius 3 is 2.28 bits per heavy atom. The summed E-state index contributed by atoms with van der Waals surface area (Å²) in [5, 5.41) is 3.19. The average molecular weight is 500 g/mol. The van der Waals surface area contributed by atoms with Crippen molar-refractivity contribution in [3.8, 4) is 0 Å². The van der Waals surface area contributed by atoms with Crippen molar-refractivity contribution in [2.45, 2.75) is 132 Å². The summed E-state index contributed by atoms with van der Waals surface area (Å²) in [4.78, 5) is 14.6. The number of azide groups is 1. The molecular formula is C31H53N3O2. The van der Waals surface area contributed by atoms with Crippen LogP contribution in [-0.2, 0) is 4.74 Å². The fraction of sp³-hybridized carbons (Fsp3) is 0.968. The molecule has 0 bridgehead atoms. The molecule has 204 valence electrons. The molecule has 4 fully saturated rings. The van der Waals surface area contributed by atoms with Gasteiger partial charge in [0.2, 0.25) is 0 Å². The molecule has 5 heteroatoms. The summed E-state index contributed by atoms with van der Waals surface area (Å²) in [7, 11) is 0. The normalized spacial score (nSPS) is 44.1. The highest BCUT2D eigenvalue weighted by atomic mass is 16.6. The van der Waals surface area contributed by atoms with E-state index in [9.17, 15) is 4.79 Å². The highest BCUT2D eigenvalue weighted by molar-refractivity contribution is 5.68. The first-order valence-electron chi connectivity index (χ1n) is 15.1. The van der Waals surface area contributed by atoms with Gasteiger partial charge in [0.15, 0.2) is 0 Å². The van der Waals surface area contributed by atoms with Crippen molar-refractivity contribution in [1.82, 2.24) is 0 Å². The van der Waals surface area contributed by atoms with E-state index < -0.39 is 6.09 Å². The number of fused-ring (bicyclic) bond motifs is 5. The number of hydrogen-bond donors (Lipinski definition) is 0. The third kappa shape index (κ3) is 4.30. The number of carbonyl (C=O) groups excluding carboxylic acids is 1. The predicted molar refractivity (Wildman–Crippen MR) is 146 cm³/mol. The third-order valence-corrected chi connectivity index (χ3v) is 13.0. The van der Waals surface area contributed by atoms with Crippen molar-refractivity contribution < 1.29 is 9.53 Å². The monoisotopic (exact) mass is 499 g/mol. The molecule has 4 aliphatic rings. The van der Waals surface area contributed by atoms with Crippen molar-refractivity contribution in [1.29, 1.82) is 0 Å². The maximum absolute atomic E-state index is 12.0. The molecule has 4 aliphatic carbocycles. The van der Waals surface area contributed by atoms with Gasteiger partial charge in [0.25, 0.3) is 0 Å². The summed E-state index contributed by atoms with van der Waals surface area (Å²) >= 11 is 0. The number of rotatable bonds is 6. The van der Waals surface area contributed by atoms with Gasteiger partial charge in [-0.2, -0.15) is 0 Å². The molecule has 0 aliphatic heterocycles. The van der Waals surface area contributed by atoms with Crippen molar-refractivity contribution in [3.63, 3.8) is 0 Å². The van der Waals surface area contributed by atoms with Crippen LogP contribution in [0.2, 0.25) is 0 Å². The molecule has 36 heavy (non-hydrogen) atoms. The minimum absolute atomic E-state index is 0.108. The van der Waals surface area contributed by atoms with Gasteiger partial charge < -0.3 is 4.74 Å². The van der Waals surface area contributed by atoms with Gasteiger partial charge in [-0.3, -0.25) is 0 Å². The molecule has 4 rings (SSSR count). The maximum Gasteiger partial charge on any atom is 0.397 e. The van der Waals surface area contributed by atoms with Crippen LogP contribution in [0.5, 0.6) is 0 Å². The van der Waals surface area contributed by atoms with Gasteiger partial charge in [-0.1, -0.05) is 74.7 Å². The van der Waals surface area contributed by atoms with Gasteiger partial charge in [0.1, 0.15) is 6.10 Å². The zero-order valence-corrected chi connectivity index (χ0v) is 24.5. The second-order valence-electron chi connectivity index (χ2n) is 15.1. The summed E-state index contributed by atoms with van der Waals surface area (Å²) < 4.78 is 5.71. The van der Waals surface area contributed by atoms with Crippen molar-refractivity contribution in [2.24, 2.45) is 62.3 Å². The molecule has 0 aromatic rings. The predicted octanol–water partition coefficient (Wildman–Crippen LogP) is 9.95. The first-order valence-corrected chi connectivity index (χ1v) is 15.1. The topological polar surface area (TPSA) is 75.1 Å². The second-order valence-corrected chi connectivity index (χ2v) is 15.1. The molecule has 0 N–H and O–H groups in total. The van der Waals surface area contributed by atoms with E-state index in [1.807, 2.05) is 0 Å². The summed E-state index contributed by atoms with van der Waals surface area (Å²) in [6.45, 7) is 19.8. The average Bonchev–Trinajstić information content (AvgIpc) is 3.07. The van der Waals surface area contributed by atoms with Crippen molar-refractivity contribution >= 4 is 6.09 Å². The van der Waals surface area contributed by atoms with Crippen molar-refractivity contribution in [2.75, 3.05) is 0 Å². The molecule has 5 nitrogen and oxygen atoms in total. The van der Waals surface area contributed by atoms with Crippen LogP contribution < -0.4 is 0 Å². The van der Waals surface area contributed by atoms with Crippen molar-refractivity contribution in [3.05, 3.63) is 10.4 Å². The molecule has 0 unspecified atom stereocenters. The van der Waals surface area contributed by atoms with E-state index in [0.29, 0.717) is 22.2 Å². The molecule has 0 aromatic heterocycles. The van der Waals surface area contributed by atoms with Gasteiger partial charge in [0.05, 0.1) is 0 Å². The van der Waals surface area contributed by atoms with Gasteiger partial charge in [-0.25, -0.2) is 4.79 Å². The van der Waals surface area contributed by atoms with Crippen LogP contribution in [0.25, 0.3) is 10.4 Å². The Morgan fingerprint density at radius 2 is 1.61 bits per heavy atom. The lowest BCUT2D eigenvalue weighted by Gasteiger charge is -2.67. The highest BCUT2D eigenvalue weighted by Crippen LogP contribution is 2.74. The van der Waals surface area contributed by atoms with Crippen LogP contribution in [0.3, 0.4) is 0 Å². The molecule has 9 atom stereocenters. The Kier molecular flexibility index (Phi) is 7.59. The largest absolute Gasteiger partial charge is 0.457 e. The fourth-order valence-corrected chi connectivity index (χ4v) is 10.9. The Bertz CT molecular complexity index is 879. The van der Waals surface area contributed by atoms with Gasteiger partial charge >= 0.3 is 6.09 Å². The molecule has 0 heterocycles. The molecule has 0 saturated heterocycles. The molecule has 1 amide bonds. The second kappa shape index (κ2) is 9.83. The van der Waals surface area contributed by atoms with Crippen LogP contribution >= 0.6 is 0 Å². The lowest BCUT2D eigenvalue weighted by molar-refractivity contribution is -0.200. The molecule has 0 radical (unpaired) electrons. The Labute approximate surface area is 220 Å². The van der Waals surface area contributed by atoms with Gasteiger partial charge in [-0.05, 0) is 109 Å². The first-order chi connectivity index (χ1) is 16.8. The minimum atomic E-state index is -0.770. The highest BCUT2D eigenvalue weighted by Gasteiger charge is 2.67. The Morgan fingerprint density at radius 1 is 0.917 bits per heavy atom. The standard InChI is InChI=1S/C31H53N3O2/c1-20(2)10-9-11-21(3)22-14-18-31(8)24-12-13-25-28(4,5)26(36-27(35)33-34-32)16-17-29(25,6)23(24)15-19-30(22,31)7/h20-26H,9-19H2,1-8H3/t21-,22-,23+,24-,25+,26+,29-,30-,31+/m1/s1. The maximum atomic E-state index is 12.0. The SMILES string of the molecule is CC(C)CCC[C@@H](C)[C@H]1CC[C@@]2(C)[C@@H]3CC[C@H]4C(C)(C)[C@@H](OC(=O)N=[N+]=[N-])CC[C@]4(C)[C@H]3CC[C@]12C. The van der Waals surface area contributed by atoms with Gasteiger partial charge in [0, 0.05) is 15.4 Å². The van der Waals surface area contributed by atoms with E-state index in [1.165, 1.54) is 57.8 Å². The molecule has 4 saturated carbocycles. The molecule has 0 aromatic carbocycles. The first kappa shape index (κ1) is 27.8. The van der Waals surface area contributed by atoms with Crippen LogP contribution in [0.1, 0.15) is 126 Å². The number of amides is 1. The number of ether oxygens (including phenoxy) is 1. The quantitative estimate of drug-likeness (QED) is 0.207. The summed E-state index contributed by atoms with van der Waals surface area (Å²) in [6, 6.07) is 0. The van der Waals surface area contributed by atoms with Gasteiger partial charge in [-0.15, -0.1) is 0 Å². The van der Waals surface area contributed by atoms with Crippen LogP contribution in [-0.4, -0.2) is 12.2 Å². The van der Waals surface area contributed by atoms with Crippen LogP contribution in [0.15, 0.2) is 5.11 Å². The Balaban J connectivity index is 1.53. The number of nitrogens with zero attached hydrogens (tertiary/aromatic N) is 3. The lowest BCUT2D eigenvalue weighted by atomic mass is 9.38. The third-order valence-electron chi connectivity index (χ3n) is 13.0. The number of hydrogen-bond acceptors (Lipinski definition) is 2. The van der Waals surface area contributed by atoms with Crippen LogP contribution in [0, 0.1) is 57.2 Å². The molecular weight excluding hydrogens is 446 g/mol. The minimum Gasteiger partial charge on any atom is -0.457 e. The zero-order chi connectivity index (χ0) is 26.5. The summed E-state index contributed by atoms with van der Waals surface area (Å²) in [6.07, 6.45) is 13.3. The fourth-order valence-electron chi connectivity index (χ4n) is 10.9. The van der Waals surface area contributed by atoms with E-state index in [2.05, 4.69) is 65.4 Å². The van der Waals surface area contributed by atoms with E-state index in [1.54, 1.807) is 0 Å².